The van der Waals surface area contributed by atoms with Gasteiger partial charge in [-0.15, -0.1) is 0 Å². The lowest BCUT2D eigenvalue weighted by Crippen LogP contribution is -2.16. The standard InChI is InChI=1S/C16H24O2/c1-3-4-5-7-10-14(2)18-16(17)13-15-11-8-6-9-12-15/h6,8-9,11-12,14H,3-5,7,10,13H2,1-2H3/t14-/m1/s1. The summed E-state index contributed by atoms with van der Waals surface area (Å²) in [5, 5.41) is 0. The third-order valence-corrected chi connectivity index (χ3v) is 2.99. The zero-order valence-electron chi connectivity index (χ0n) is 11.5. The molecule has 0 aromatic heterocycles. The minimum absolute atomic E-state index is 0.0399. The van der Waals surface area contributed by atoms with E-state index in [-0.39, 0.29) is 12.1 Å². The lowest BCUT2D eigenvalue weighted by molar-refractivity contribution is -0.147. The molecule has 0 saturated carbocycles. The van der Waals surface area contributed by atoms with Crippen LogP contribution in [0.2, 0.25) is 0 Å². The lowest BCUT2D eigenvalue weighted by atomic mass is 10.1. The minimum Gasteiger partial charge on any atom is -0.462 e. The molecule has 0 N–H and O–H groups in total. The topological polar surface area (TPSA) is 26.3 Å². The highest BCUT2D eigenvalue weighted by Crippen LogP contribution is 2.09. The Balaban J connectivity index is 2.19. The van der Waals surface area contributed by atoms with Crippen LogP contribution in [0, 0.1) is 0 Å². The number of hydrogen-bond donors (Lipinski definition) is 0. The van der Waals surface area contributed by atoms with Crippen LogP contribution in [0.4, 0.5) is 0 Å². The van der Waals surface area contributed by atoms with Crippen LogP contribution in [0.25, 0.3) is 0 Å². The SMILES string of the molecule is CCCCCC[C@@H](C)OC(=O)Cc1ccccc1. The summed E-state index contributed by atoms with van der Waals surface area (Å²) in [4.78, 5) is 11.7. The third-order valence-electron chi connectivity index (χ3n) is 2.99. The second-order valence-corrected chi connectivity index (χ2v) is 4.81. The molecule has 0 aliphatic rings. The van der Waals surface area contributed by atoms with Crippen molar-refractivity contribution in [2.75, 3.05) is 0 Å². The quantitative estimate of drug-likeness (QED) is 0.510. The normalized spacial score (nSPS) is 12.1. The number of carbonyl (C=O) groups is 1. The summed E-state index contributed by atoms with van der Waals surface area (Å²) in [5.41, 5.74) is 1.01. The molecule has 0 aliphatic heterocycles. The molecule has 18 heavy (non-hydrogen) atoms. The molecule has 0 unspecified atom stereocenters. The fourth-order valence-corrected chi connectivity index (χ4v) is 1.95. The fraction of sp³-hybridized carbons (Fsp3) is 0.562. The summed E-state index contributed by atoms with van der Waals surface area (Å²) in [6.07, 6.45) is 6.27. The highest BCUT2D eigenvalue weighted by molar-refractivity contribution is 5.72. The van der Waals surface area contributed by atoms with E-state index in [1.165, 1.54) is 19.3 Å². The second-order valence-electron chi connectivity index (χ2n) is 4.81. The van der Waals surface area contributed by atoms with Crippen molar-refractivity contribution in [2.45, 2.75) is 58.5 Å². The van der Waals surface area contributed by atoms with Crippen LogP contribution in [0.15, 0.2) is 30.3 Å². The van der Waals surface area contributed by atoms with E-state index in [9.17, 15) is 4.79 Å². The highest BCUT2D eigenvalue weighted by Gasteiger charge is 2.09. The minimum atomic E-state index is -0.121. The van der Waals surface area contributed by atoms with Gasteiger partial charge in [0.05, 0.1) is 12.5 Å². The van der Waals surface area contributed by atoms with Gasteiger partial charge in [0.15, 0.2) is 0 Å². The maximum absolute atomic E-state index is 11.7. The summed E-state index contributed by atoms with van der Waals surface area (Å²) >= 11 is 0. The molecule has 0 radical (unpaired) electrons. The first-order valence-electron chi connectivity index (χ1n) is 6.95. The Kier molecular flexibility index (Phi) is 7.16. The van der Waals surface area contributed by atoms with Crippen LogP contribution in [-0.4, -0.2) is 12.1 Å². The van der Waals surface area contributed by atoms with Crippen molar-refractivity contribution in [1.29, 1.82) is 0 Å². The van der Waals surface area contributed by atoms with Gasteiger partial charge < -0.3 is 4.74 Å². The number of ether oxygens (including phenoxy) is 1. The number of hydrogen-bond acceptors (Lipinski definition) is 2. The van der Waals surface area contributed by atoms with Crippen molar-refractivity contribution in [3.05, 3.63) is 35.9 Å². The Morgan fingerprint density at radius 1 is 1.17 bits per heavy atom. The summed E-state index contributed by atoms with van der Waals surface area (Å²) in [7, 11) is 0. The van der Waals surface area contributed by atoms with E-state index >= 15 is 0 Å². The van der Waals surface area contributed by atoms with Gasteiger partial charge in [-0.1, -0.05) is 56.5 Å². The van der Waals surface area contributed by atoms with Crippen molar-refractivity contribution in [3.63, 3.8) is 0 Å². The Bertz CT molecular complexity index is 332. The Labute approximate surface area is 110 Å². The van der Waals surface area contributed by atoms with Gasteiger partial charge in [0.1, 0.15) is 0 Å². The molecule has 0 bridgehead atoms. The van der Waals surface area contributed by atoms with Crippen molar-refractivity contribution < 1.29 is 9.53 Å². The Morgan fingerprint density at radius 2 is 1.89 bits per heavy atom. The molecule has 0 aliphatic carbocycles. The van der Waals surface area contributed by atoms with E-state index in [1.807, 2.05) is 37.3 Å². The summed E-state index contributed by atoms with van der Waals surface area (Å²) < 4.78 is 5.40. The van der Waals surface area contributed by atoms with Crippen molar-refractivity contribution in [1.82, 2.24) is 0 Å². The van der Waals surface area contributed by atoms with Gasteiger partial charge in [0.25, 0.3) is 0 Å². The summed E-state index contributed by atoms with van der Waals surface area (Å²) in [6.45, 7) is 4.18. The lowest BCUT2D eigenvalue weighted by Gasteiger charge is -2.13. The van der Waals surface area contributed by atoms with Crippen LogP contribution in [-0.2, 0) is 16.0 Å². The zero-order valence-corrected chi connectivity index (χ0v) is 11.5. The van der Waals surface area contributed by atoms with Crippen LogP contribution in [0.1, 0.15) is 51.5 Å². The van der Waals surface area contributed by atoms with Crippen LogP contribution >= 0.6 is 0 Å². The van der Waals surface area contributed by atoms with Crippen molar-refractivity contribution in [3.8, 4) is 0 Å². The van der Waals surface area contributed by atoms with Crippen LogP contribution in [0.3, 0.4) is 0 Å². The molecule has 0 heterocycles. The van der Waals surface area contributed by atoms with Gasteiger partial charge in [-0.3, -0.25) is 4.79 Å². The Morgan fingerprint density at radius 3 is 2.56 bits per heavy atom. The molecule has 0 fully saturated rings. The molecule has 1 aromatic rings. The van der Waals surface area contributed by atoms with Crippen molar-refractivity contribution in [2.24, 2.45) is 0 Å². The van der Waals surface area contributed by atoms with E-state index in [4.69, 9.17) is 4.74 Å². The number of carbonyl (C=O) groups excluding carboxylic acids is 1. The van der Waals surface area contributed by atoms with E-state index in [2.05, 4.69) is 6.92 Å². The molecule has 2 nitrogen and oxygen atoms in total. The molecule has 1 atom stereocenters. The van der Waals surface area contributed by atoms with E-state index in [0.29, 0.717) is 6.42 Å². The predicted molar refractivity (Wildman–Crippen MR) is 74.5 cm³/mol. The molecule has 2 heteroatoms. The maximum Gasteiger partial charge on any atom is 0.310 e. The highest BCUT2D eigenvalue weighted by atomic mass is 16.5. The Hall–Kier alpha value is -1.31. The smallest absolute Gasteiger partial charge is 0.310 e. The molecular weight excluding hydrogens is 224 g/mol. The monoisotopic (exact) mass is 248 g/mol. The first-order valence-corrected chi connectivity index (χ1v) is 6.95. The van der Waals surface area contributed by atoms with Gasteiger partial charge in [0, 0.05) is 0 Å². The molecule has 100 valence electrons. The van der Waals surface area contributed by atoms with Crippen LogP contribution in [0.5, 0.6) is 0 Å². The number of esters is 1. The number of unbranched alkanes of at least 4 members (excludes halogenated alkanes) is 3. The predicted octanol–water partition coefficient (Wildman–Crippen LogP) is 4.13. The molecule has 0 saturated heterocycles. The second kappa shape index (κ2) is 8.73. The average Bonchev–Trinajstić information content (AvgIpc) is 2.35. The number of benzene rings is 1. The van der Waals surface area contributed by atoms with Gasteiger partial charge in [-0.05, 0) is 25.3 Å². The van der Waals surface area contributed by atoms with E-state index in [0.717, 1.165) is 18.4 Å². The van der Waals surface area contributed by atoms with Crippen LogP contribution < -0.4 is 0 Å². The van der Waals surface area contributed by atoms with Gasteiger partial charge in [0.2, 0.25) is 0 Å². The largest absolute Gasteiger partial charge is 0.462 e. The number of rotatable bonds is 8. The fourth-order valence-electron chi connectivity index (χ4n) is 1.95. The molecule has 0 amide bonds. The maximum atomic E-state index is 11.7. The molecule has 0 spiro atoms. The first kappa shape index (κ1) is 14.7. The first-order chi connectivity index (χ1) is 8.72. The van der Waals surface area contributed by atoms with Gasteiger partial charge in [-0.25, -0.2) is 0 Å². The molecular formula is C16H24O2. The third kappa shape index (κ3) is 6.43. The summed E-state index contributed by atoms with van der Waals surface area (Å²) in [6, 6.07) is 9.74. The molecule has 1 aromatic carbocycles. The van der Waals surface area contributed by atoms with Gasteiger partial charge >= 0.3 is 5.97 Å². The van der Waals surface area contributed by atoms with Crippen molar-refractivity contribution >= 4 is 5.97 Å². The summed E-state index contributed by atoms with van der Waals surface area (Å²) in [5.74, 6) is -0.121. The average molecular weight is 248 g/mol. The van der Waals surface area contributed by atoms with E-state index < -0.39 is 0 Å². The zero-order chi connectivity index (χ0) is 13.2. The van der Waals surface area contributed by atoms with E-state index in [1.54, 1.807) is 0 Å². The van der Waals surface area contributed by atoms with Gasteiger partial charge in [-0.2, -0.15) is 0 Å². The molecule has 1 rings (SSSR count).